The van der Waals surface area contributed by atoms with Gasteiger partial charge in [-0.05, 0) is 12.1 Å². The quantitative estimate of drug-likeness (QED) is 0.752. The van der Waals surface area contributed by atoms with Crippen LogP contribution in [0.2, 0.25) is 0 Å². The molecule has 0 aliphatic rings. The van der Waals surface area contributed by atoms with Gasteiger partial charge in [0, 0.05) is 5.75 Å². The van der Waals surface area contributed by atoms with E-state index in [1.54, 1.807) is 6.92 Å². The third-order valence-electron chi connectivity index (χ3n) is 1.70. The maximum Gasteiger partial charge on any atom is 0.417 e. The Kier molecular flexibility index (Phi) is 3.31. The van der Waals surface area contributed by atoms with E-state index in [0.29, 0.717) is 0 Å². The lowest BCUT2D eigenvalue weighted by Gasteiger charge is -2.10. The van der Waals surface area contributed by atoms with Crippen molar-refractivity contribution in [2.45, 2.75) is 18.0 Å². The standard InChI is InChI=1S/C9H9F3OS/c1-2-14(13)8-6-4-3-5-7(8)9(10,11)12/h3-6H,2H2,1H3. The van der Waals surface area contributed by atoms with E-state index in [0.717, 1.165) is 6.07 Å². The molecular formula is C9H9F3OS. The molecule has 5 heteroatoms. The number of hydrogen-bond donors (Lipinski definition) is 0. The second kappa shape index (κ2) is 4.13. The lowest BCUT2D eigenvalue weighted by molar-refractivity contribution is -0.139. The van der Waals surface area contributed by atoms with Crippen molar-refractivity contribution in [1.82, 2.24) is 0 Å². The highest BCUT2D eigenvalue weighted by Crippen LogP contribution is 2.33. The predicted molar refractivity (Wildman–Crippen MR) is 48.4 cm³/mol. The van der Waals surface area contributed by atoms with Crippen LogP contribution in [-0.2, 0) is 17.0 Å². The van der Waals surface area contributed by atoms with Crippen LogP contribution in [-0.4, -0.2) is 9.96 Å². The monoisotopic (exact) mass is 222 g/mol. The van der Waals surface area contributed by atoms with Crippen LogP contribution < -0.4 is 0 Å². The summed E-state index contributed by atoms with van der Waals surface area (Å²) in [5.74, 6) is 0.188. The molecule has 0 spiro atoms. The van der Waals surface area contributed by atoms with Gasteiger partial charge in [0.2, 0.25) is 0 Å². The summed E-state index contributed by atoms with van der Waals surface area (Å²) in [4.78, 5) is -0.137. The Bertz CT molecular complexity index is 346. The molecule has 0 heterocycles. The summed E-state index contributed by atoms with van der Waals surface area (Å²) in [6.45, 7) is 1.59. The van der Waals surface area contributed by atoms with Gasteiger partial charge in [-0.25, -0.2) is 0 Å². The number of hydrogen-bond acceptors (Lipinski definition) is 1. The van der Waals surface area contributed by atoms with E-state index in [4.69, 9.17) is 0 Å². The van der Waals surface area contributed by atoms with Crippen molar-refractivity contribution in [3.05, 3.63) is 29.8 Å². The second-order valence-corrected chi connectivity index (χ2v) is 4.34. The molecule has 1 aromatic rings. The topological polar surface area (TPSA) is 17.1 Å². The lowest BCUT2D eigenvalue weighted by Crippen LogP contribution is -2.10. The van der Waals surface area contributed by atoms with Gasteiger partial charge in [-0.2, -0.15) is 13.2 Å². The Hall–Kier alpha value is -0.840. The molecule has 0 radical (unpaired) electrons. The minimum Gasteiger partial charge on any atom is -0.254 e. The SMILES string of the molecule is CCS(=O)c1ccccc1C(F)(F)F. The van der Waals surface area contributed by atoms with E-state index in [9.17, 15) is 17.4 Å². The molecule has 0 amide bonds. The second-order valence-electron chi connectivity index (χ2n) is 2.63. The fourth-order valence-corrected chi connectivity index (χ4v) is 2.03. The highest BCUT2D eigenvalue weighted by atomic mass is 32.2. The number of halogens is 3. The first kappa shape index (κ1) is 11.2. The third kappa shape index (κ3) is 2.35. The first-order valence-corrected chi connectivity index (χ1v) is 5.33. The fourth-order valence-electron chi connectivity index (χ4n) is 1.05. The van der Waals surface area contributed by atoms with Crippen molar-refractivity contribution < 1.29 is 17.4 Å². The van der Waals surface area contributed by atoms with Crippen LogP contribution >= 0.6 is 0 Å². The zero-order valence-electron chi connectivity index (χ0n) is 7.47. The molecule has 78 valence electrons. The van der Waals surface area contributed by atoms with Gasteiger partial charge < -0.3 is 0 Å². The van der Waals surface area contributed by atoms with Gasteiger partial charge >= 0.3 is 6.18 Å². The van der Waals surface area contributed by atoms with E-state index in [1.165, 1.54) is 18.2 Å². The van der Waals surface area contributed by atoms with E-state index < -0.39 is 22.5 Å². The lowest BCUT2D eigenvalue weighted by atomic mass is 10.2. The average molecular weight is 222 g/mol. The molecule has 0 aliphatic carbocycles. The molecule has 1 rings (SSSR count). The molecule has 0 aromatic heterocycles. The van der Waals surface area contributed by atoms with Gasteiger partial charge in [-0.3, -0.25) is 4.21 Å². The smallest absolute Gasteiger partial charge is 0.254 e. The largest absolute Gasteiger partial charge is 0.417 e. The molecule has 14 heavy (non-hydrogen) atoms. The Labute approximate surface area is 82.4 Å². The summed E-state index contributed by atoms with van der Waals surface area (Å²) in [5, 5.41) is 0. The summed E-state index contributed by atoms with van der Waals surface area (Å²) in [6.07, 6.45) is -4.43. The van der Waals surface area contributed by atoms with Gasteiger partial charge in [0.1, 0.15) is 0 Å². The summed E-state index contributed by atoms with van der Waals surface area (Å²) in [7, 11) is -1.57. The maximum atomic E-state index is 12.4. The van der Waals surface area contributed by atoms with Gasteiger partial charge in [0.15, 0.2) is 0 Å². The van der Waals surface area contributed by atoms with Gasteiger partial charge in [-0.15, -0.1) is 0 Å². The van der Waals surface area contributed by atoms with Crippen molar-refractivity contribution in [2.24, 2.45) is 0 Å². The minimum atomic E-state index is -4.43. The third-order valence-corrected chi connectivity index (χ3v) is 3.07. The highest BCUT2D eigenvalue weighted by Gasteiger charge is 2.34. The number of alkyl halides is 3. The zero-order chi connectivity index (χ0) is 10.8. The molecular weight excluding hydrogens is 213 g/mol. The molecule has 0 N–H and O–H groups in total. The Balaban J connectivity index is 3.23. The summed E-state index contributed by atoms with van der Waals surface area (Å²) < 4.78 is 48.5. The predicted octanol–water partition coefficient (Wildman–Crippen LogP) is 2.83. The maximum absolute atomic E-state index is 12.4. The van der Waals surface area contributed by atoms with Crippen molar-refractivity contribution >= 4 is 10.8 Å². The van der Waals surface area contributed by atoms with Crippen LogP contribution in [0, 0.1) is 0 Å². The Morgan fingerprint density at radius 1 is 1.29 bits per heavy atom. The average Bonchev–Trinajstić information content (AvgIpc) is 2.15. The zero-order valence-corrected chi connectivity index (χ0v) is 8.28. The van der Waals surface area contributed by atoms with E-state index in [2.05, 4.69) is 0 Å². The fraction of sp³-hybridized carbons (Fsp3) is 0.333. The summed E-state index contributed by atoms with van der Waals surface area (Å²) in [6, 6.07) is 4.95. The van der Waals surface area contributed by atoms with Crippen LogP contribution in [0.1, 0.15) is 12.5 Å². The molecule has 1 unspecified atom stereocenters. The van der Waals surface area contributed by atoms with E-state index in [1.807, 2.05) is 0 Å². The molecule has 0 saturated carbocycles. The molecule has 0 aliphatic heterocycles. The molecule has 0 saturated heterocycles. The van der Waals surface area contributed by atoms with E-state index >= 15 is 0 Å². The van der Waals surface area contributed by atoms with Crippen molar-refractivity contribution in [3.8, 4) is 0 Å². The molecule has 1 aromatic carbocycles. The molecule has 1 nitrogen and oxygen atoms in total. The first-order chi connectivity index (χ1) is 6.46. The number of benzene rings is 1. The van der Waals surface area contributed by atoms with Crippen molar-refractivity contribution in [1.29, 1.82) is 0 Å². The van der Waals surface area contributed by atoms with Gasteiger partial charge in [0.25, 0.3) is 0 Å². The minimum absolute atomic E-state index is 0.137. The normalized spacial score (nSPS) is 14.0. The molecule has 0 bridgehead atoms. The van der Waals surface area contributed by atoms with Crippen LogP contribution in [0.4, 0.5) is 13.2 Å². The number of rotatable bonds is 2. The Morgan fingerprint density at radius 2 is 1.86 bits per heavy atom. The Morgan fingerprint density at radius 3 is 2.36 bits per heavy atom. The molecule has 1 atom stereocenters. The highest BCUT2D eigenvalue weighted by molar-refractivity contribution is 7.85. The van der Waals surface area contributed by atoms with Gasteiger partial charge in [0.05, 0.1) is 21.3 Å². The first-order valence-electron chi connectivity index (χ1n) is 4.01. The summed E-state index contributed by atoms with van der Waals surface area (Å²) in [5.41, 5.74) is -0.805. The molecule has 0 fully saturated rings. The van der Waals surface area contributed by atoms with Crippen LogP contribution in [0.15, 0.2) is 29.2 Å². The van der Waals surface area contributed by atoms with Crippen LogP contribution in [0.3, 0.4) is 0 Å². The van der Waals surface area contributed by atoms with Crippen LogP contribution in [0.5, 0.6) is 0 Å². The van der Waals surface area contributed by atoms with Crippen LogP contribution in [0.25, 0.3) is 0 Å². The van der Waals surface area contributed by atoms with Gasteiger partial charge in [-0.1, -0.05) is 19.1 Å². The van der Waals surface area contributed by atoms with E-state index in [-0.39, 0.29) is 10.6 Å². The summed E-state index contributed by atoms with van der Waals surface area (Å²) >= 11 is 0. The van der Waals surface area contributed by atoms with Crippen molar-refractivity contribution in [3.63, 3.8) is 0 Å². The van der Waals surface area contributed by atoms with Crippen molar-refractivity contribution in [2.75, 3.05) is 5.75 Å².